The predicted molar refractivity (Wildman–Crippen MR) is 89.6 cm³/mol. The minimum Gasteiger partial charge on any atom is -0.492 e. The molecule has 5 heteroatoms. The maximum atomic E-state index is 11.8. The molecule has 0 unspecified atom stereocenters. The normalized spacial score (nSPS) is 10.1. The maximum Gasteiger partial charge on any atom is 0.239 e. The van der Waals surface area contributed by atoms with E-state index >= 15 is 0 Å². The topological polar surface area (TPSA) is 50.4 Å². The van der Waals surface area contributed by atoms with E-state index in [-0.39, 0.29) is 12.5 Å². The summed E-state index contributed by atoms with van der Waals surface area (Å²) >= 11 is 5.94. The van der Waals surface area contributed by atoms with E-state index in [4.69, 9.17) is 16.3 Å². The second kappa shape index (κ2) is 8.29. The van der Waals surface area contributed by atoms with Crippen molar-refractivity contribution in [3.8, 4) is 5.75 Å². The number of halogens is 1. The van der Waals surface area contributed by atoms with Gasteiger partial charge in [-0.25, -0.2) is 0 Å². The van der Waals surface area contributed by atoms with Crippen LogP contribution < -0.4 is 15.4 Å². The van der Waals surface area contributed by atoms with E-state index in [9.17, 15) is 4.79 Å². The summed E-state index contributed by atoms with van der Waals surface area (Å²) in [6.45, 7) is 3.06. The Kier molecular flexibility index (Phi) is 6.10. The van der Waals surface area contributed by atoms with Gasteiger partial charge < -0.3 is 15.4 Å². The van der Waals surface area contributed by atoms with Gasteiger partial charge in [-0.05, 0) is 36.8 Å². The van der Waals surface area contributed by atoms with Gasteiger partial charge in [-0.3, -0.25) is 4.79 Å². The van der Waals surface area contributed by atoms with E-state index in [1.807, 2.05) is 55.5 Å². The molecule has 0 saturated carbocycles. The standard InChI is InChI=1S/C17H19ClN2O2/c1-13-7-8-14(18)11-16(13)20-12-17(21)19-9-10-22-15-5-3-2-4-6-15/h2-8,11,20H,9-10,12H2,1H3,(H,19,21). The van der Waals surface area contributed by atoms with Gasteiger partial charge >= 0.3 is 0 Å². The van der Waals surface area contributed by atoms with Gasteiger partial charge in [-0.2, -0.15) is 0 Å². The van der Waals surface area contributed by atoms with Crippen molar-refractivity contribution < 1.29 is 9.53 Å². The molecule has 22 heavy (non-hydrogen) atoms. The molecule has 0 aliphatic rings. The molecule has 0 fully saturated rings. The van der Waals surface area contributed by atoms with Crippen molar-refractivity contribution in [1.29, 1.82) is 0 Å². The molecule has 0 aromatic heterocycles. The number of aryl methyl sites for hydroxylation is 1. The molecule has 0 aliphatic carbocycles. The number of hydrogen-bond acceptors (Lipinski definition) is 3. The minimum atomic E-state index is -0.0870. The summed E-state index contributed by atoms with van der Waals surface area (Å²) in [4.78, 5) is 11.8. The Morgan fingerprint density at radius 1 is 1.18 bits per heavy atom. The molecule has 116 valence electrons. The molecule has 2 rings (SSSR count). The van der Waals surface area contributed by atoms with Crippen LogP contribution in [0.25, 0.3) is 0 Å². The summed E-state index contributed by atoms with van der Waals surface area (Å²) in [7, 11) is 0. The zero-order chi connectivity index (χ0) is 15.8. The monoisotopic (exact) mass is 318 g/mol. The largest absolute Gasteiger partial charge is 0.492 e. The molecule has 0 aliphatic heterocycles. The lowest BCUT2D eigenvalue weighted by molar-refractivity contribution is -0.119. The number of anilines is 1. The highest BCUT2D eigenvalue weighted by Gasteiger charge is 2.03. The first kappa shape index (κ1) is 16.2. The van der Waals surface area contributed by atoms with Crippen LogP contribution in [0.2, 0.25) is 5.02 Å². The Hall–Kier alpha value is -2.20. The van der Waals surface area contributed by atoms with Crippen LogP contribution in [0.1, 0.15) is 5.56 Å². The smallest absolute Gasteiger partial charge is 0.239 e. The average molecular weight is 319 g/mol. The summed E-state index contributed by atoms with van der Waals surface area (Å²) in [5.41, 5.74) is 1.91. The number of benzene rings is 2. The first-order valence-electron chi connectivity index (χ1n) is 7.10. The number of nitrogens with one attached hydrogen (secondary N) is 2. The van der Waals surface area contributed by atoms with Gasteiger partial charge in [-0.1, -0.05) is 35.9 Å². The first-order chi connectivity index (χ1) is 10.6. The molecule has 2 aromatic rings. The van der Waals surface area contributed by atoms with Crippen molar-refractivity contribution >= 4 is 23.2 Å². The molecular weight excluding hydrogens is 300 g/mol. The van der Waals surface area contributed by atoms with E-state index in [1.54, 1.807) is 0 Å². The number of carbonyl (C=O) groups is 1. The van der Waals surface area contributed by atoms with Crippen molar-refractivity contribution in [1.82, 2.24) is 5.32 Å². The summed E-state index contributed by atoms with van der Waals surface area (Å²) < 4.78 is 5.50. The van der Waals surface area contributed by atoms with Crippen LogP contribution in [-0.2, 0) is 4.79 Å². The van der Waals surface area contributed by atoms with Crippen molar-refractivity contribution in [2.24, 2.45) is 0 Å². The second-order valence-electron chi connectivity index (χ2n) is 4.82. The molecule has 2 N–H and O–H groups in total. The van der Waals surface area contributed by atoms with Crippen LogP contribution in [0.15, 0.2) is 48.5 Å². The van der Waals surface area contributed by atoms with Gasteiger partial charge in [0.1, 0.15) is 12.4 Å². The van der Waals surface area contributed by atoms with E-state index < -0.39 is 0 Å². The fourth-order valence-electron chi connectivity index (χ4n) is 1.90. The highest BCUT2D eigenvalue weighted by Crippen LogP contribution is 2.19. The lowest BCUT2D eigenvalue weighted by Crippen LogP contribution is -2.33. The highest BCUT2D eigenvalue weighted by atomic mass is 35.5. The summed E-state index contributed by atoms with van der Waals surface area (Å²) in [6.07, 6.45) is 0. The van der Waals surface area contributed by atoms with E-state index in [0.29, 0.717) is 18.2 Å². The molecule has 4 nitrogen and oxygen atoms in total. The van der Waals surface area contributed by atoms with Gasteiger partial charge in [0.15, 0.2) is 0 Å². The highest BCUT2D eigenvalue weighted by molar-refractivity contribution is 6.30. The molecule has 0 radical (unpaired) electrons. The van der Waals surface area contributed by atoms with Crippen molar-refractivity contribution in [2.75, 3.05) is 25.0 Å². The Morgan fingerprint density at radius 3 is 2.73 bits per heavy atom. The van der Waals surface area contributed by atoms with Crippen LogP contribution in [0.3, 0.4) is 0 Å². The molecule has 0 spiro atoms. The van der Waals surface area contributed by atoms with Crippen LogP contribution >= 0.6 is 11.6 Å². The van der Waals surface area contributed by atoms with E-state index in [1.165, 1.54) is 0 Å². The third-order valence-electron chi connectivity index (χ3n) is 3.08. The zero-order valence-corrected chi connectivity index (χ0v) is 13.2. The number of carbonyl (C=O) groups excluding carboxylic acids is 1. The van der Waals surface area contributed by atoms with Crippen LogP contribution in [0, 0.1) is 6.92 Å². The summed E-state index contributed by atoms with van der Waals surface area (Å²) in [5.74, 6) is 0.709. The summed E-state index contributed by atoms with van der Waals surface area (Å²) in [6, 6.07) is 15.0. The lowest BCUT2D eigenvalue weighted by atomic mass is 10.2. The molecule has 0 heterocycles. The van der Waals surface area contributed by atoms with Crippen molar-refractivity contribution in [3.05, 3.63) is 59.1 Å². The van der Waals surface area contributed by atoms with Crippen LogP contribution in [0.5, 0.6) is 5.75 Å². The molecule has 1 amide bonds. The Labute approximate surface area is 135 Å². The second-order valence-corrected chi connectivity index (χ2v) is 5.26. The third-order valence-corrected chi connectivity index (χ3v) is 3.31. The fraction of sp³-hybridized carbons (Fsp3) is 0.235. The van der Waals surface area contributed by atoms with E-state index in [0.717, 1.165) is 17.0 Å². The zero-order valence-electron chi connectivity index (χ0n) is 12.4. The van der Waals surface area contributed by atoms with E-state index in [2.05, 4.69) is 10.6 Å². The Balaban J connectivity index is 1.67. The average Bonchev–Trinajstić information content (AvgIpc) is 2.53. The predicted octanol–water partition coefficient (Wildman–Crippen LogP) is 3.26. The van der Waals surface area contributed by atoms with Crippen molar-refractivity contribution in [3.63, 3.8) is 0 Å². The number of para-hydroxylation sites is 1. The van der Waals surface area contributed by atoms with Crippen LogP contribution in [0.4, 0.5) is 5.69 Å². The van der Waals surface area contributed by atoms with Gasteiger partial charge in [0, 0.05) is 10.7 Å². The fourth-order valence-corrected chi connectivity index (χ4v) is 2.07. The Morgan fingerprint density at radius 2 is 1.95 bits per heavy atom. The van der Waals surface area contributed by atoms with Crippen molar-refractivity contribution in [2.45, 2.75) is 6.92 Å². The molecule has 0 atom stereocenters. The number of rotatable bonds is 7. The van der Waals surface area contributed by atoms with Gasteiger partial charge in [0.25, 0.3) is 0 Å². The SMILES string of the molecule is Cc1ccc(Cl)cc1NCC(=O)NCCOc1ccccc1. The molecule has 0 saturated heterocycles. The van der Waals surface area contributed by atoms with Gasteiger partial charge in [0.2, 0.25) is 5.91 Å². The minimum absolute atomic E-state index is 0.0870. The molecular formula is C17H19ClN2O2. The maximum absolute atomic E-state index is 11.8. The number of ether oxygens (including phenoxy) is 1. The number of amides is 1. The molecule has 2 aromatic carbocycles. The first-order valence-corrected chi connectivity index (χ1v) is 7.47. The lowest BCUT2D eigenvalue weighted by Gasteiger charge is -2.11. The Bertz CT molecular complexity index is 617. The quantitative estimate of drug-likeness (QED) is 0.770. The van der Waals surface area contributed by atoms with Crippen LogP contribution in [-0.4, -0.2) is 25.6 Å². The third kappa shape index (κ3) is 5.30. The number of hydrogen-bond donors (Lipinski definition) is 2. The van der Waals surface area contributed by atoms with Gasteiger partial charge in [-0.15, -0.1) is 0 Å². The van der Waals surface area contributed by atoms with Gasteiger partial charge in [0.05, 0.1) is 13.1 Å². The summed E-state index contributed by atoms with van der Waals surface area (Å²) in [5, 5.41) is 6.52. The molecule has 0 bridgehead atoms.